The van der Waals surface area contributed by atoms with Gasteiger partial charge in [-0.25, -0.2) is 14.4 Å². The highest BCUT2D eigenvalue weighted by molar-refractivity contribution is 5.96. The van der Waals surface area contributed by atoms with E-state index in [1.54, 1.807) is 28.8 Å². The maximum Gasteiger partial charge on any atom is 0.290 e. The molecule has 2 aromatic carbocycles. The molecular formula is C35H42F2N8O6. The Bertz CT molecular complexity index is 1790. The van der Waals surface area contributed by atoms with E-state index in [1.807, 2.05) is 24.7 Å². The lowest BCUT2D eigenvalue weighted by Gasteiger charge is -2.37. The van der Waals surface area contributed by atoms with Crippen LogP contribution < -0.4 is 15.4 Å². The van der Waals surface area contributed by atoms with Crippen molar-refractivity contribution in [2.45, 2.75) is 32.7 Å². The molecule has 2 aromatic heterocycles. The maximum atomic E-state index is 15.0. The van der Waals surface area contributed by atoms with Gasteiger partial charge in [0.1, 0.15) is 12.9 Å². The van der Waals surface area contributed by atoms with Gasteiger partial charge in [0.25, 0.3) is 12.4 Å². The van der Waals surface area contributed by atoms with Gasteiger partial charge in [-0.05, 0) is 62.2 Å². The van der Waals surface area contributed by atoms with E-state index in [-0.39, 0.29) is 36.3 Å². The van der Waals surface area contributed by atoms with Crippen LogP contribution in [-0.2, 0) is 9.59 Å². The molecule has 1 amide bonds. The van der Waals surface area contributed by atoms with Gasteiger partial charge in [-0.3, -0.25) is 18.9 Å². The number of hydrogen-bond acceptors (Lipinski definition) is 11. The molecule has 4 aromatic rings. The van der Waals surface area contributed by atoms with Gasteiger partial charge in [-0.1, -0.05) is 6.92 Å². The molecule has 5 rings (SSSR count). The van der Waals surface area contributed by atoms with Crippen molar-refractivity contribution in [2.75, 3.05) is 57.8 Å². The van der Waals surface area contributed by atoms with E-state index >= 15 is 0 Å². The normalized spacial score (nSPS) is 13.2. The molecule has 0 unspecified atom stereocenters. The van der Waals surface area contributed by atoms with E-state index < -0.39 is 18.2 Å². The van der Waals surface area contributed by atoms with Crippen LogP contribution in [0.15, 0.2) is 48.9 Å². The number of nitrogens with one attached hydrogen (secondary N) is 2. The van der Waals surface area contributed by atoms with Crippen LogP contribution in [0.25, 0.3) is 16.9 Å². The molecule has 1 fully saturated rings. The molecule has 4 N–H and O–H groups in total. The van der Waals surface area contributed by atoms with Crippen LogP contribution in [0.4, 0.5) is 20.3 Å². The number of piperazine rings is 1. The maximum absolute atomic E-state index is 15.0. The number of halogens is 2. The SMILES string of the molecule is C=O.CCCN[C@@H](CCO)CN1CCN(C(=O)c2ccc(Nc3nccn4c(-c5ccc(OCC#N)c(F)c5F)cnc34)cc2C)CC1.O=CO. The summed E-state index contributed by atoms with van der Waals surface area (Å²) in [5.74, 6) is -2.27. The van der Waals surface area contributed by atoms with E-state index in [1.165, 1.54) is 24.5 Å². The number of carbonyl (C=O) groups excluding carboxylic acids is 2. The van der Waals surface area contributed by atoms with Gasteiger partial charge in [-0.2, -0.15) is 9.65 Å². The zero-order valence-electron chi connectivity index (χ0n) is 28.5. The van der Waals surface area contributed by atoms with Gasteiger partial charge < -0.3 is 35.3 Å². The van der Waals surface area contributed by atoms with Crippen molar-refractivity contribution >= 4 is 36.3 Å². The van der Waals surface area contributed by atoms with E-state index in [0.29, 0.717) is 47.9 Å². The molecule has 1 atom stereocenters. The summed E-state index contributed by atoms with van der Waals surface area (Å²) in [5, 5.41) is 31.7. The predicted molar refractivity (Wildman–Crippen MR) is 186 cm³/mol. The number of imidazole rings is 1. The Hall–Kier alpha value is -5.50. The summed E-state index contributed by atoms with van der Waals surface area (Å²) in [7, 11) is 0. The number of aromatic nitrogens is 3. The zero-order chi connectivity index (χ0) is 37.3. The van der Waals surface area contributed by atoms with E-state index in [9.17, 15) is 18.7 Å². The molecule has 0 spiro atoms. The van der Waals surface area contributed by atoms with Gasteiger partial charge in [0, 0.05) is 74.6 Å². The molecule has 14 nitrogen and oxygen atoms in total. The first-order valence-corrected chi connectivity index (χ1v) is 16.2. The third-order valence-electron chi connectivity index (χ3n) is 8.06. The average Bonchev–Trinajstić information content (AvgIpc) is 3.57. The topological polar surface area (TPSA) is 185 Å². The van der Waals surface area contributed by atoms with Crippen LogP contribution in [0, 0.1) is 29.9 Å². The highest BCUT2D eigenvalue weighted by atomic mass is 19.2. The fraction of sp³-hybridized carbons (Fsp3) is 0.371. The molecule has 272 valence electrons. The molecule has 51 heavy (non-hydrogen) atoms. The van der Waals surface area contributed by atoms with Crippen LogP contribution >= 0.6 is 0 Å². The molecule has 1 aliphatic heterocycles. The highest BCUT2D eigenvalue weighted by Crippen LogP contribution is 2.32. The van der Waals surface area contributed by atoms with Crippen LogP contribution in [0.5, 0.6) is 5.75 Å². The third kappa shape index (κ3) is 10.3. The summed E-state index contributed by atoms with van der Waals surface area (Å²) in [5.41, 5.74) is 2.79. The Morgan fingerprint density at radius 1 is 1.16 bits per heavy atom. The first-order chi connectivity index (χ1) is 24.8. The van der Waals surface area contributed by atoms with Gasteiger partial charge in [0.15, 0.2) is 29.6 Å². The van der Waals surface area contributed by atoms with E-state index in [0.717, 1.165) is 38.2 Å². The number of aryl methyl sites for hydroxylation is 1. The van der Waals surface area contributed by atoms with Gasteiger partial charge in [0.2, 0.25) is 5.82 Å². The number of aliphatic hydroxyl groups excluding tert-OH is 1. The van der Waals surface area contributed by atoms with Crippen LogP contribution in [0.1, 0.15) is 35.7 Å². The number of amides is 1. The minimum Gasteiger partial charge on any atom is -0.483 e. The fourth-order valence-corrected chi connectivity index (χ4v) is 5.65. The van der Waals surface area contributed by atoms with Gasteiger partial charge >= 0.3 is 0 Å². The summed E-state index contributed by atoms with van der Waals surface area (Å²) >= 11 is 0. The first kappa shape index (κ1) is 39.9. The summed E-state index contributed by atoms with van der Waals surface area (Å²) in [4.78, 5) is 42.8. The zero-order valence-corrected chi connectivity index (χ0v) is 28.5. The van der Waals surface area contributed by atoms with Crippen molar-refractivity contribution in [2.24, 2.45) is 0 Å². The second-order valence-electron chi connectivity index (χ2n) is 11.3. The van der Waals surface area contributed by atoms with Crippen LogP contribution in [0.2, 0.25) is 0 Å². The molecule has 1 aliphatic rings. The Balaban J connectivity index is 0.00000133. The summed E-state index contributed by atoms with van der Waals surface area (Å²) < 4.78 is 36.2. The van der Waals surface area contributed by atoms with Crippen LogP contribution in [-0.4, -0.2) is 112 Å². The first-order valence-electron chi connectivity index (χ1n) is 16.2. The minimum absolute atomic E-state index is 0.0175. The smallest absolute Gasteiger partial charge is 0.290 e. The molecule has 3 heterocycles. The van der Waals surface area contributed by atoms with E-state index in [2.05, 4.69) is 32.4 Å². The lowest BCUT2D eigenvalue weighted by atomic mass is 10.1. The molecule has 16 heteroatoms. The number of nitriles is 1. The van der Waals surface area contributed by atoms with Gasteiger partial charge in [-0.15, -0.1) is 0 Å². The fourth-order valence-electron chi connectivity index (χ4n) is 5.65. The number of carboxylic acid groups (broad SMARTS) is 1. The Morgan fingerprint density at radius 3 is 2.53 bits per heavy atom. The molecule has 0 radical (unpaired) electrons. The number of rotatable bonds is 13. The number of benzene rings is 2. The monoisotopic (exact) mass is 708 g/mol. The quantitative estimate of drug-likeness (QED) is 0.148. The number of fused-ring (bicyclic) bond motifs is 1. The molecule has 0 bridgehead atoms. The summed E-state index contributed by atoms with van der Waals surface area (Å²) in [6.45, 7) is 10.1. The number of aliphatic hydroxyl groups is 1. The standard InChI is InChI=1S/C33H38F2N8O3.CH2O2.CH2O/c1-3-10-37-24(8-17-44)21-41-13-15-42(16-14-41)33(45)25-5-4-23(19-22(25)2)40-31-32-39-20-27(43(32)12-11-38-31)26-6-7-28(46-18-9-36)30(35)29(26)34;2-1-3;1-2/h4-7,11-12,19-20,24,37,44H,3,8,10,13-18,21H2,1-2H3,(H,38,40);1H,(H,2,3);1H2/t24-;;/m0../s1. The minimum atomic E-state index is -1.19. The van der Waals surface area contributed by atoms with E-state index in [4.69, 9.17) is 24.7 Å². The molecule has 1 saturated heterocycles. The summed E-state index contributed by atoms with van der Waals surface area (Å²) in [6, 6.07) is 10.1. The second kappa shape index (κ2) is 20.2. The van der Waals surface area contributed by atoms with Crippen LogP contribution in [0.3, 0.4) is 0 Å². The lowest BCUT2D eigenvalue weighted by molar-refractivity contribution is -0.122. The predicted octanol–water partition coefficient (Wildman–Crippen LogP) is 3.65. The number of ether oxygens (including phenoxy) is 1. The third-order valence-corrected chi connectivity index (χ3v) is 8.06. The Morgan fingerprint density at radius 2 is 1.88 bits per heavy atom. The number of anilines is 2. The van der Waals surface area contributed by atoms with Crippen molar-refractivity contribution in [1.29, 1.82) is 5.26 Å². The lowest BCUT2D eigenvalue weighted by Crippen LogP contribution is -2.52. The summed E-state index contributed by atoms with van der Waals surface area (Å²) in [6.07, 6.45) is 6.29. The van der Waals surface area contributed by atoms with Crippen molar-refractivity contribution < 1.29 is 38.1 Å². The Labute approximate surface area is 294 Å². The number of nitrogens with zero attached hydrogens (tertiary/aromatic N) is 6. The highest BCUT2D eigenvalue weighted by Gasteiger charge is 2.25. The Kier molecular flexibility index (Phi) is 15.8. The average molecular weight is 709 g/mol. The molecule has 0 saturated carbocycles. The van der Waals surface area contributed by atoms with Crippen molar-refractivity contribution in [3.05, 3.63) is 71.7 Å². The number of hydrogen-bond donors (Lipinski definition) is 4. The largest absolute Gasteiger partial charge is 0.483 e. The number of carbonyl (C=O) groups is 3. The molecular weight excluding hydrogens is 666 g/mol. The van der Waals surface area contributed by atoms with Crippen molar-refractivity contribution in [3.63, 3.8) is 0 Å². The second-order valence-corrected chi connectivity index (χ2v) is 11.3. The van der Waals surface area contributed by atoms with Crippen molar-refractivity contribution in [3.8, 4) is 23.1 Å². The molecule has 0 aliphatic carbocycles. The van der Waals surface area contributed by atoms with Gasteiger partial charge in [0.05, 0.1) is 11.9 Å². The van der Waals surface area contributed by atoms with Crippen molar-refractivity contribution in [1.82, 2.24) is 29.5 Å².